The van der Waals surface area contributed by atoms with Crippen molar-refractivity contribution in [1.82, 2.24) is 9.97 Å². The zero-order valence-electron chi connectivity index (χ0n) is 16.5. The molecule has 1 aromatic carbocycles. The normalized spacial score (nSPS) is 15.0. The van der Waals surface area contributed by atoms with Crippen molar-refractivity contribution in [3.05, 3.63) is 46.1 Å². The Labute approximate surface area is 169 Å². The first-order valence-electron chi connectivity index (χ1n) is 9.81. The van der Waals surface area contributed by atoms with Gasteiger partial charge in [-0.15, -0.1) is 11.3 Å². The van der Waals surface area contributed by atoms with E-state index in [1.807, 2.05) is 6.92 Å². The summed E-state index contributed by atoms with van der Waals surface area (Å²) in [4.78, 5) is 23.0. The number of ether oxygens (including phenoxy) is 1. The Morgan fingerprint density at radius 1 is 1.07 bits per heavy atom. The number of hydrogen-bond acceptors (Lipinski definition) is 6. The number of nitrogens with one attached hydrogen (secondary N) is 1. The first-order valence-corrected chi connectivity index (χ1v) is 10.6. The number of aromatic nitrogens is 2. The number of thiophene rings is 1. The molecule has 1 saturated carbocycles. The Kier molecular flexibility index (Phi) is 5.31. The second kappa shape index (κ2) is 7.87. The molecular weight excluding hydrogens is 370 g/mol. The largest absolute Gasteiger partial charge is 0.458 e. The lowest BCUT2D eigenvalue weighted by Gasteiger charge is -2.21. The molecule has 0 saturated heterocycles. The Morgan fingerprint density at radius 2 is 1.79 bits per heavy atom. The van der Waals surface area contributed by atoms with Crippen molar-refractivity contribution in [3.8, 4) is 0 Å². The third kappa shape index (κ3) is 3.87. The van der Waals surface area contributed by atoms with Crippen molar-refractivity contribution in [2.75, 3.05) is 5.32 Å². The van der Waals surface area contributed by atoms with Crippen LogP contribution in [-0.2, 0) is 4.74 Å². The summed E-state index contributed by atoms with van der Waals surface area (Å²) in [6, 6.07) is 6.30. The Balaban J connectivity index is 1.65. The Bertz CT molecular complexity index is 1000. The number of esters is 1. The summed E-state index contributed by atoms with van der Waals surface area (Å²) in [6.45, 7) is 6.10. The number of fused-ring (bicyclic) bond motifs is 1. The highest BCUT2D eigenvalue weighted by atomic mass is 32.1. The van der Waals surface area contributed by atoms with Gasteiger partial charge in [-0.25, -0.2) is 14.8 Å². The molecule has 28 heavy (non-hydrogen) atoms. The van der Waals surface area contributed by atoms with E-state index in [-0.39, 0.29) is 12.1 Å². The van der Waals surface area contributed by atoms with Crippen LogP contribution in [0.5, 0.6) is 0 Å². The van der Waals surface area contributed by atoms with Gasteiger partial charge in [0.25, 0.3) is 0 Å². The van der Waals surface area contributed by atoms with Crippen LogP contribution in [0.15, 0.2) is 24.5 Å². The van der Waals surface area contributed by atoms with E-state index in [0.29, 0.717) is 4.88 Å². The first-order chi connectivity index (χ1) is 13.5. The maximum Gasteiger partial charge on any atom is 0.348 e. The van der Waals surface area contributed by atoms with E-state index in [1.54, 1.807) is 6.33 Å². The maximum atomic E-state index is 12.8. The number of hydrogen-bond donors (Lipinski definition) is 1. The van der Waals surface area contributed by atoms with Crippen LogP contribution in [0.25, 0.3) is 10.2 Å². The van der Waals surface area contributed by atoms with Crippen LogP contribution >= 0.6 is 11.3 Å². The minimum atomic E-state index is -0.232. The van der Waals surface area contributed by atoms with Crippen LogP contribution in [0.1, 0.15) is 58.5 Å². The molecule has 1 aliphatic carbocycles. The van der Waals surface area contributed by atoms with Gasteiger partial charge in [-0.3, -0.25) is 0 Å². The summed E-state index contributed by atoms with van der Waals surface area (Å²) in [6.07, 6.45) is 7.03. The molecular formula is C22H25N3O2S. The van der Waals surface area contributed by atoms with Gasteiger partial charge in [0.2, 0.25) is 0 Å². The number of nitrogens with zero attached hydrogens (tertiary/aromatic N) is 2. The fraction of sp³-hybridized carbons (Fsp3) is 0.409. The quantitative estimate of drug-likeness (QED) is 0.561. The van der Waals surface area contributed by atoms with Crippen LogP contribution in [-0.4, -0.2) is 22.0 Å². The summed E-state index contributed by atoms with van der Waals surface area (Å²) >= 11 is 1.39. The van der Waals surface area contributed by atoms with Crippen LogP contribution < -0.4 is 5.32 Å². The number of benzene rings is 1. The zero-order valence-corrected chi connectivity index (χ0v) is 17.4. The molecule has 2 aromatic heterocycles. The standard InChI is InChI=1S/C22H25N3O2S/c1-13-9-14(2)11-16(10-13)25-20-18-15(3)19(28-21(18)24-12-23-20)22(26)27-17-7-5-4-6-8-17/h9-12,17H,4-8H2,1-3H3,(H,23,24,25). The molecule has 0 bridgehead atoms. The Morgan fingerprint density at radius 3 is 2.50 bits per heavy atom. The summed E-state index contributed by atoms with van der Waals surface area (Å²) in [5, 5.41) is 4.30. The third-order valence-electron chi connectivity index (χ3n) is 5.22. The second-order valence-electron chi connectivity index (χ2n) is 7.63. The topological polar surface area (TPSA) is 64.1 Å². The van der Waals surface area contributed by atoms with E-state index < -0.39 is 0 Å². The summed E-state index contributed by atoms with van der Waals surface area (Å²) in [5.41, 5.74) is 4.24. The molecule has 5 nitrogen and oxygen atoms in total. The van der Waals surface area contributed by atoms with Crippen molar-refractivity contribution < 1.29 is 9.53 Å². The van der Waals surface area contributed by atoms with Gasteiger partial charge in [0, 0.05) is 5.69 Å². The van der Waals surface area contributed by atoms with Crippen LogP contribution in [0.2, 0.25) is 0 Å². The molecule has 0 spiro atoms. The van der Waals surface area contributed by atoms with Gasteiger partial charge in [0.1, 0.15) is 28.0 Å². The van der Waals surface area contributed by atoms with Crippen molar-refractivity contribution in [1.29, 1.82) is 0 Å². The average molecular weight is 396 g/mol. The molecule has 3 aromatic rings. The third-order valence-corrected chi connectivity index (χ3v) is 6.40. The molecule has 146 valence electrons. The molecule has 0 atom stereocenters. The van der Waals surface area contributed by atoms with E-state index in [1.165, 1.54) is 28.9 Å². The second-order valence-corrected chi connectivity index (χ2v) is 8.62. The highest BCUT2D eigenvalue weighted by Crippen LogP contribution is 2.35. The monoisotopic (exact) mass is 395 g/mol. The van der Waals surface area contributed by atoms with Gasteiger partial charge in [-0.2, -0.15) is 0 Å². The van der Waals surface area contributed by atoms with E-state index in [4.69, 9.17) is 4.74 Å². The molecule has 4 rings (SSSR count). The first kappa shape index (κ1) is 18.9. The van der Waals surface area contributed by atoms with Gasteiger partial charge < -0.3 is 10.1 Å². The van der Waals surface area contributed by atoms with Crippen molar-refractivity contribution in [2.24, 2.45) is 0 Å². The molecule has 1 N–H and O–H groups in total. The van der Waals surface area contributed by atoms with E-state index in [2.05, 4.69) is 47.3 Å². The molecule has 0 radical (unpaired) electrons. The number of carbonyl (C=O) groups excluding carboxylic acids is 1. The summed E-state index contributed by atoms with van der Waals surface area (Å²) in [7, 11) is 0. The number of carbonyl (C=O) groups is 1. The minimum absolute atomic E-state index is 0.0461. The predicted octanol–water partition coefficient (Wildman–Crippen LogP) is 5.85. The van der Waals surface area contributed by atoms with Crippen molar-refractivity contribution in [3.63, 3.8) is 0 Å². The number of rotatable bonds is 4. The lowest BCUT2D eigenvalue weighted by Crippen LogP contribution is -2.20. The van der Waals surface area contributed by atoms with Crippen molar-refractivity contribution in [2.45, 2.75) is 59.0 Å². The molecule has 0 unspecified atom stereocenters. The average Bonchev–Trinajstić information content (AvgIpc) is 3.00. The van der Waals surface area contributed by atoms with Gasteiger partial charge in [0.05, 0.1) is 5.39 Å². The van der Waals surface area contributed by atoms with Gasteiger partial charge in [-0.05, 0) is 75.3 Å². The van der Waals surface area contributed by atoms with Gasteiger partial charge in [0.15, 0.2) is 0 Å². The molecule has 0 amide bonds. The fourth-order valence-electron chi connectivity index (χ4n) is 3.93. The SMILES string of the molecule is Cc1cc(C)cc(Nc2ncnc3sc(C(=O)OC4CCCCC4)c(C)c23)c1. The molecule has 1 fully saturated rings. The molecule has 6 heteroatoms. The maximum absolute atomic E-state index is 12.8. The lowest BCUT2D eigenvalue weighted by molar-refractivity contribution is 0.0216. The Hall–Kier alpha value is -2.47. The lowest BCUT2D eigenvalue weighted by atomic mass is 9.98. The van der Waals surface area contributed by atoms with Crippen LogP contribution in [0, 0.1) is 20.8 Å². The van der Waals surface area contributed by atoms with Crippen LogP contribution in [0.4, 0.5) is 11.5 Å². The summed E-state index contributed by atoms with van der Waals surface area (Å²) < 4.78 is 5.78. The minimum Gasteiger partial charge on any atom is -0.458 e. The molecule has 0 aliphatic heterocycles. The smallest absolute Gasteiger partial charge is 0.348 e. The predicted molar refractivity (Wildman–Crippen MR) is 114 cm³/mol. The number of aryl methyl sites for hydroxylation is 3. The molecule has 2 heterocycles. The zero-order chi connectivity index (χ0) is 19.7. The van der Waals surface area contributed by atoms with E-state index >= 15 is 0 Å². The fourth-order valence-corrected chi connectivity index (χ4v) is 4.96. The van der Waals surface area contributed by atoms with E-state index in [0.717, 1.165) is 53.0 Å². The van der Waals surface area contributed by atoms with Crippen LogP contribution in [0.3, 0.4) is 0 Å². The highest BCUT2D eigenvalue weighted by Gasteiger charge is 2.24. The number of anilines is 2. The van der Waals surface area contributed by atoms with Gasteiger partial charge >= 0.3 is 5.97 Å². The van der Waals surface area contributed by atoms with Crippen molar-refractivity contribution >= 4 is 39.0 Å². The highest BCUT2D eigenvalue weighted by molar-refractivity contribution is 7.20. The van der Waals surface area contributed by atoms with Gasteiger partial charge in [-0.1, -0.05) is 12.5 Å². The molecule has 1 aliphatic rings. The summed E-state index contributed by atoms with van der Waals surface area (Å²) in [5.74, 6) is 0.491. The van der Waals surface area contributed by atoms with E-state index in [9.17, 15) is 4.79 Å².